The van der Waals surface area contributed by atoms with Crippen LogP contribution in [0.1, 0.15) is 29.7 Å². The number of nitrogens with zero attached hydrogens (tertiary/aromatic N) is 1. The molecule has 0 radical (unpaired) electrons. The standard InChI is InChI=1S/C19H18F3NO2/c1-2-23-7-6-12-8-13(25-19(20,21)22)10-14-17(12)15(23)9-11-4-3-5-16(24)18(11)14/h3-5,8,10,15,24H,2,6-7,9H2,1H3/t15-/m1/s1. The molecule has 1 N–H and O–H groups in total. The van der Waals surface area contributed by atoms with E-state index in [9.17, 15) is 18.3 Å². The molecule has 4 rings (SSSR count). The molecule has 0 unspecified atom stereocenters. The van der Waals surface area contributed by atoms with E-state index in [0.717, 1.165) is 36.2 Å². The van der Waals surface area contributed by atoms with Crippen LogP contribution in [0.2, 0.25) is 0 Å². The van der Waals surface area contributed by atoms with Crippen molar-refractivity contribution in [2.75, 3.05) is 13.1 Å². The van der Waals surface area contributed by atoms with Crippen molar-refractivity contribution in [2.45, 2.75) is 32.2 Å². The number of alkyl halides is 3. The number of hydrogen-bond donors (Lipinski definition) is 1. The molecule has 2 aromatic rings. The number of ether oxygens (including phenoxy) is 1. The van der Waals surface area contributed by atoms with Crippen LogP contribution in [0.25, 0.3) is 11.1 Å². The Morgan fingerprint density at radius 3 is 2.76 bits per heavy atom. The quantitative estimate of drug-likeness (QED) is 0.870. The summed E-state index contributed by atoms with van der Waals surface area (Å²) in [5.41, 5.74) is 4.13. The van der Waals surface area contributed by atoms with Crippen LogP contribution in [0.3, 0.4) is 0 Å². The molecule has 0 spiro atoms. The highest BCUT2D eigenvalue weighted by Gasteiger charge is 2.37. The molecule has 0 saturated carbocycles. The summed E-state index contributed by atoms with van der Waals surface area (Å²) in [5, 5.41) is 10.3. The molecule has 0 fully saturated rings. The van der Waals surface area contributed by atoms with Crippen LogP contribution in [0.4, 0.5) is 13.2 Å². The van der Waals surface area contributed by atoms with Crippen LogP contribution >= 0.6 is 0 Å². The molecule has 1 aliphatic carbocycles. The first-order valence-corrected chi connectivity index (χ1v) is 8.35. The highest BCUT2D eigenvalue weighted by molar-refractivity contribution is 5.81. The van der Waals surface area contributed by atoms with Crippen LogP contribution < -0.4 is 4.74 Å². The van der Waals surface area contributed by atoms with Crippen LogP contribution in [-0.4, -0.2) is 29.5 Å². The van der Waals surface area contributed by atoms with Crippen molar-refractivity contribution < 1.29 is 23.0 Å². The van der Waals surface area contributed by atoms with Gasteiger partial charge in [-0.1, -0.05) is 19.1 Å². The van der Waals surface area contributed by atoms with Crippen LogP contribution in [0.15, 0.2) is 30.3 Å². The molecule has 0 aromatic heterocycles. The molecule has 0 saturated heterocycles. The molecule has 1 heterocycles. The molecular weight excluding hydrogens is 331 g/mol. The Morgan fingerprint density at radius 1 is 1.24 bits per heavy atom. The molecule has 25 heavy (non-hydrogen) atoms. The van der Waals surface area contributed by atoms with Crippen molar-refractivity contribution in [2.24, 2.45) is 0 Å². The monoisotopic (exact) mass is 349 g/mol. The van der Waals surface area contributed by atoms with Gasteiger partial charge in [0.15, 0.2) is 0 Å². The zero-order valence-electron chi connectivity index (χ0n) is 13.7. The van der Waals surface area contributed by atoms with Gasteiger partial charge in [-0.2, -0.15) is 0 Å². The van der Waals surface area contributed by atoms with Gasteiger partial charge in [0.1, 0.15) is 11.5 Å². The van der Waals surface area contributed by atoms with E-state index in [-0.39, 0.29) is 17.5 Å². The largest absolute Gasteiger partial charge is 0.573 e. The first-order valence-electron chi connectivity index (χ1n) is 8.35. The van der Waals surface area contributed by atoms with Crippen molar-refractivity contribution >= 4 is 0 Å². The minimum atomic E-state index is -4.74. The fourth-order valence-electron chi connectivity index (χ4n) is 4.17. The van der Waals surface area contributed by atoms with Crippen molar-refractivity contribution in [1.29, 1.82) is 0 Å². The number of rotatable bonds is 2. The Morgan fingerprint density at radius 2 is 2.04 bits per heavy atom. The van der Waals surface area contributed by atoms with Gasteiger partial charge in [-0.05, 0) is 59.8 Å². The van der Waals surface area contributed by atoms with Gasteiger partial charge in [-0.3, -0.25) is 4.90 Å². The molecule has 3 nitrogen and oxygen atoms in total. The van der Waals surface area contributed by atoms with E-state index < -0.39 is 6.36 Å². The fraction of sp³-hybridized carbons (Fsp3) is 0.368. The lowest BCUT2D eigenvalue weighted by Gasteiger charge is -2.41. The topological polar surface area (TPSA) is 32.7 Å². The molecule has 1 atom stereocenters. The molecule has 2 aliphatic rings. The van der Waals surface area contributed by atoms with E-state index in [2.05, 4.69) is 16.6 Å². The van der Waals surface area contributed by atoms with Crippen LogP contribution in [0, 0.1) is 0 Å². The van der Waals surface area contributed by atoms with Gasteiger partial charge < -0.3 is 9.84 Å². The minimum absolute atomic E-state index is 0.0935. The van der Waals surface area contributed by atoms with E-state index in [0.29, 0.717) is 17.5 Å². The van der Waals surface area contributed by atoms with E-state index in [4.69, 9.17) is 0 Å². The summed E-state index contributed by atoms with van der Waals surface area (Å²) >= 11 is 0. The number of likely N-dealkylation sites (N-methyl/N-ethyl adjacent to an activating group) is 1. The van der Waals surface area contributed by atoms with Crippen LogP contribution in [0.5, 0.6) is 11.5 Å². The lowest BCUT2D eigenvalue weighted by molar-refractivity contribution is -0.274. The molecule has 0 amide bonds. The average molecular weight is 349 g/mol. The van der Waals surface area contributed by atoms with E-state index >= 15 is 0 Å². The Labute approximate surface area is 143 Å². The highest BCUT2D eigenvalue weighted by Crippen LogP contribution is 2.49. The summed E-state index contributed by atoms with van der Waals surface area (Å²) in [6.45, 7) is 3.76. The van der Waals surface area contributed by atoms with Gasteiger partial charge in [0, 0.05) is 18.2 Å². The SMILES string of the molecule is CCN1CCc2cc(OC(F)(F)F)cc3c2[C@H]1Cc1cccc(O)c1-3. The third-order valence-corrected chi connectivity index (χ3v) is 5.13. The molecule has 6 heteroatoms. The number of phenolic OH excluding ortho intramolecular Hbond substituents is 1. The van der Waals surface area contributed by atoms with Crippen molar-refractivity contribution in [3.05, 3.63) is 47.0 Å². The number of aromatic hydroxyl groups is 1. The summed E-state index contributed by atoms with van der Waals surface area (Å²) in [7, 11) is 0. The zero-order valence-corrected chi connectivity index (χ0v) is 13.7. The second-order valence-corrected chi connectivity index (χ2v) is 6.50. The number of fused-ring (bicyclic) bond motifs is 2. The van der Waals surface area contributed by atoms with Gasteiger partial charge in [-0.25, -0.2) is 0 Å². The van der Waals surface area contributed by atoms with Crippen molar-refractivity contribution in [3.8, 4) is 22.6 Å². The number of hydrogen-bond acceptors (Lipinski definition) is 3. The molecule has 0 bridgehead atoms. The number of halogens is 3. The summed E-state index contributed by atoms with van der Waals surface area (Å²) in [6, 6.07) is 8.31. The first kappa shape index (κ1) is 16.3. The summed E-state index contributed by atoms with van der Waals surface area (Å²) < 4.78 is 42.3. The van der Waals surface area contributed by atoms with E-state index in [1.165, 1.54) is 12.1 Å². The van der Waals surface area contributed by atoms with E-state index in [1.807, 2.05) is 6.07 Å². The summed E-state index contributed by atoms with van der Waals surface area (Å²) in [4.78, 5) is 2.34. The van der Waals surface area contributed by atoms with Gasteiger partial charge in [0.25, 0.3) is 0 Å². The maximum absolute atomic E-state index is 12.7. The lowest BCUT2D eigenvalue weighted by atomic mass is 9.76. The van der Waals surface area contributed by atoms with Gasteiger partial charge in [0.05, 0.1) is 0 Å². The smallest absolute Gasteiger partial charge is 0.507 e. The first-order chi connectivity index (χ1) is 11.9. The lowest BCUT2D eigenvalue weighted by Crippen LogP contribution is -2.38. The third kappa shape index (κ3) is 2.74. The Balaban J connectivity index is 1.94. The van der Waals surface area contributed by atoms with Crippen molar-refractivity contribution in [1.82, 2.24) is 4.90 Å². The number of benzene rings is 2. The van der Waals surface area contributed by atoms with E-state index in [1.54, 1.807) is 12.1 Å². The molecule has 2 aromatic carbocycles. The van der Waals surface area contributed by atoms with Crippen molar-refractivity contribution in [3.63, 3.8) is 0 Å². The second kappa shape index (κ2) is 5.66. The Bertz CT molecular complexity index is 832. The normalized spacial score (nSPS) is 19.3. The van der Waals surface area contributed by atoms with Gasteiger partial charge in [-0.15, -0.1) is 13.2 Å². The Kier molecular flexibility index (Phi) is 3.68. The molecule has 1 aliphatic heterocycles. The summed E-state index contributed by atoms with van der Waals surface area (Å²) in [5.74, 6) is -0.128. The predicted octanol–water partition coefficient (Wildman–Crippen LogP) is 4.43. The maximum atomic E-state index is 12.7. The third-order valence-electron chi connectivity index (χ3n) is 5.13. The summed E-state index contributed by atoms with van der Waals surface area (Å²) in [6.07, 6.45) is -3.32. The highest BCUT2D eigenvalue weighted by atomic mass is 19.4. The fourth-order valence-corrected chi connectivity index (χ4v) is 4.17. The van der Waals surface area contributed by atoms with Gasteiger partial charge >= 0.3 is 6.36 Å². The molecular formula is C19H18F3NO2. The second-order valence-electron chi connectivity index (χ2n) is 6.50. The molecule has 132 valence electrons. The van der Waals surface area contributed by atoms with Crippen LogP contribution in [-0.2, 0) is 12.8 Å². The minimum Gasteiger partial charge on any atom is -0.507 e. The van der Waals surface area contributed by atoms with Gasteiger partial charge in [0.2, 0.25) is 0 Å². The maximum Gasteiger partial charge on any atom is 0.573 e. The predicted molar refractivity (Wildman–Crippen MR) is 87.6 cm³/mol. The Hall–Kier alpha value is -2.21. The number of phenols is 1. The zero-order chi connectivity index (χ0) is 17.8. The average Bonchev–Trinajstić information content (AvgIpc) is 2.53.